The highest BCUT2D eigenvalue weighted by Crippen LogP contribution is 2.27. The Bertz CT molecular complexity index is 727. The monoisotopic (exact) mass is 353 g/mol. The summed E-state index contributed by atoms with van der Waals surface area (Å²) in [5, 5.41) is 6.44. The standard InChI is InChI=1S/C21H27N3O2/c1-15(17-5-3-9-22-13-17)12-21(25)24-18-7-8-20(16(2)11-18)26-19-6-4-10-23-14-19/h4,6-8,10-11,14-15,17,22H,3,5,9,12-13H2,1-2H3,(H,24,25). The van der Waals surface area contributed by atoms with E-state index in [2.05, 4.69) is 22.5 Å². The quantitative estimate of drug-likeness (QED) is 0.819. The van der Waals surface area contributed by atoms with Gasteiger partial charge in [-0.1, -0.05) is 6.92 Å². The van der Waals surface area contributed by atoms with Crippen molar-refractivity contribution in [3.8, 4) is 11.5 Å². The van der Waals surface area contributed by atoms with Crippen LogP contribution in [0.2, 0.25) is 0 Å². The van der Waals surface area contributed by atoms with Crippen LogP contribution in [0.4, 0.5) is 5.69 Å². The van der Waals surface area contributed by atoms with Crippen molar-refractivity contribution in [3.63, 3.8) is 0 Å². The van der Waals surface area contributed by atoms with Crippen LogP contribution in [0.5, 0.6) is 11.5 Å². The number of nitrogens with one attached hydrogen (secondary N) is 2. The molecule has 2 unspecified atom stereocenters. The lowest BCUT2D eigenvalue weighted by Crippen LogP contribution is -2.34. The summed E-state index contributed by atoms with van der Waals surface area (Å²) < 4.78 is 5.83. The number of amides is 1. The van der Waals surface area contributed by atoms with Crippen molar-refractivity contribution >= 4 is 11.6 Å². The third kappa shape index (κ3) is 5.05. The predicted molar refractivity (Wildman–Crippen MR) is 103 cm³/mol. The molecule has 1 aromatic heterocycles. The average Bonchev–Trinajstić information content (AvgIpc) is 2.65. The van der Waals surface area contributed by atoms with Crippen molar-refractivity contribution in [1.29, 1.82) is 0 Å². The molecule has 26 heavy (non-hydrogen) atoms. The molecule has 3 rings (SSSR count). The zero-order valence-electron chi connectivity index (χ0n) is 15.5. The van der Waals surface area contributed by atoms with Crippen LogP contribution in [0.15, 0.2) is 42.7 Å². The van der Waals surface area contributed by atoms with Crippen LogP contribution in [0.25, 0.3) is 0 Å². The van der Waals surface area contributed by atoms with Gasteiger partial charge < -0.3 is 15.4 Å². The predicted octanol–water partition coefficient (Wildman–Crippen LogP) is 4.15. The molecule has 5 heteroatoms. The number of aromatic nitrogens is 1. The van der Waals surface area contributed by atoms with E-state index in [1.54, 1.807) is 12.4 Å². The number of benzene rings is 1. The van der Waals surface area contributed by atoms with Gasteiger partial charge in [-0.3, -0.25) is 9.78 Å². The highest BCUT2D eigenvalue weighted by Gasteiger charge is 2.22. The topological polar surface area (TPSA) is 63.2 Å². The van der Waals surface area contributed by atoms with Gasteiger partial charge in [-0.15, -0.1) is 0 Å². The molecule has 2 aromatic rings. The van der Waals surface area contributed by atoms with E-state index >= 15 is 0 Å². The lowest BCUT2D eigenvalue weighted by molar-refractivity contribution is -0.117. The SMILES string of the molecule is Cc1cc(NC(=O)CC(C)C2CCCNC2)ccc1Oc1cccnc1. The van der Waals surface area contributed by atoms with Gasteiger partial charge in [0.2, 0.25) is 5.91 Å². The maximum Gasteiger partial charge on any atom is 0.224 e. The highest BCUT2D eigenvalue weighted by atomic mass is 16.5. The van der Waals surface area contributed by atoms with Crippen molar-refractivity contribution in [1.82, 2.24) is 10.3 Å². The molecular formula is C21H27N3O2. The average molecular weight is 353 g/mol. The number of hydrogen-bond donors (Lipinski definition) is 2. The van der Waals surface area contributed by atoms with Crippen LogP contribution >= 0.6 is 0 Å². The van der Waals surface area contributed by atoms with Gasteiger partial charge in [0.05, 0.1) is 6.20 Å². The maximum absolute atomic E-state index is 12.4. The number of carbonyl (C=O) groups is 1. The smallest absolute Gasteiger partial charge is 0.224 e. The first kappa shape index (κ1) is 18.4. The van der Waals surface area contributed by atoms with E-state index in [-0.39, 0.29) is 5.91 Å². The van der Waals surface area contributed by atoms with E-state index in [0.29, 0.717) is 24.0 Å². The molecule has 2 N–H and O–H groups in total. The van der Waals surface area contributed by atoms with Gasteiger partial charge in [0, 0.05) is 18.3 Å². The first-order valence-electron chi connectivity index (χ1n) is 9.31. The van der Waals surface area contributed by atoms with Crippen molar-refractivity contribution in [2.75, 3.05) is 18.4 Å². The van der Waals surface area contributed by atoms with E-state index in [1.807, 2.05) is 37.3 Å². The molecule has 1 saturated heterocycles. The number of hydrogen-bond acceptors (Lipinski definition) is 4. The van der Waals surface area contributed by atoms with Crippen LogP contribution in [0.1, 0.15) is 31.7 Å². The number of piperidine rings is 1. The summed E-state index contributed by atoms with van der Waals surface area (Å²) >= 11 is 0. The molecule has 2 atom stereocenters. The summed E-state index contributed by atoms with van der Waals surface area (Å²) in [6.45, 7) is 6.26. The van der Waals surface area contributed by atoms with Crippen LogP contribution in [0.3, 0.4) is 0 Å². The minimum atomic E-state index is 0.0726. The molecule has 0 spiro atoms. The lowest BCUT2D eigenvalue weighted by atomic mass is 9.85. The zero-order valence-corrected chi connectivity index (χ0v) is 15.5. The first-order valence-corrected chi connectivity index (χ1v) is 9.31. The van der Waals surface area contributed by atoms with Gasteiger partial charge in [-0.05, 0) is 80.6 Å². The van der Waals surface area contributed by atoms with E-state index in [0.717, 1.165) is 30.1 Å². The Balaban J connectivity index is 1.56. The summed E-state index contributed by atoms with van der Waals surface area (Å²) in [7, 11) is 0. The van der Waals surface area contributed by atoms with E-state index < -0.39 is 0 Å². The third-order valence-electron chi connectivity index (χ3n) is 4.97. The fourth-order valence-electron chi connectivity index (χ4n) is 3.41. The number of pyridine rings is 1. The Morgan fingerprint density at radius 3 is 3.00 bits per heavy atom. The van der Waals surface area contributed by atoms with Crippen LogP contribution in [-0.4, -0.2) is 24.0 Å². The Morgan fingerprint density at radius 2 is 2.31 bits per heavy atom. The molecule has 1 fully saturated rings. The van der Waals surface area contributed by atoms with Crippen molar-refractivity contribution in [2.45, 2.75) is 33.1 Å². The Kier molecular flexibility index (Phi) is 6.23. The Hall–Kier alpha value is -2.40. The van der Waals surface area contributed by atoms with E-state index in [1.165, 1.54) is 12.8 Å². The molecule has 1 aromatic carbocycles. The normalized spacial score (nSPS) is 18.2. The number of anilines is 1. The number of carbonyl (C=O) groups excluding carboxylic acids is 1. The van der Waals surface area contributed by atoms with Gasteiger partial charge in [0.15, 0.2) is 0 Å². The Morgan fingerprint density at radius 1 is 1.42 bits per heavy atom. The second-order valence-corrected chi connectivity index (χ2v) is 7.11. The van der Waals surface area contributed by atoms with Crippen LogP contribution in [0, 0.1) is 18.8 Å². The molecule has 1 aliphatic rings. The van der Waals surface area contributed by atoms with Gasteiger partial charge in [-0.25, -0.2) is 0 Å². The zero-order chi connectivity index (χ0) is 18.4. The summed E-state index contributed by atoms with van der Waals surface area (Å²) in [4.78, 5) is 16.4. The van der Waals surface area contributed by atoms with E-state index in [9.17, 15) is 4.79 Å². The number of ether oxygens (including phenoxy) is 1. The summed E-state index contributed by atoms with van der Waals surface area (Å²) in [5.41, 5.74) is 1.77. The number of aryl methyl sites for hydroxylation is 1. The molecule has 2 heterocycles. The molecule has 1 amide bonds. The van der Waals surface area contributed by atoms with Crippen LogP contribution < -0.4 is 15.4 Å². The minimum Gasteiger partial charge on any atom is -0.455 e. The Labute approximate surface area is 155 Å². The molecule has 138 valence electrons. The molecule has 5 nitrogen and oxygen atoms in total. The molecular weight excluding hydrogens is 326 g/mol. The van der Waals surface area contributed by atoms with Gasteiger partial charge in [0.1, 0.15) is 11.5 Å². The van der Waals surface area contributed by atoms with Crippen molar-refractivity contribution in [3.05, 3.63) is 48.3 Å². The summed E-state index contributed by atoms with van der Waals surface area (Å²) in [6, 6.07) is 9.40. The molecule has 0 saturated carbocycles. The fourth-order valence-corrected chi connectivity index (χ4v) is 3.41. The largest absolute Gasteiger partial charge is 0.455 e. The van der Waals surface area contributed by atoms with Gasteiger partial charge in [-0.2, -0.15) is 0 Å². The van der Waals surface area contributed by atoms with Crippen molar-refractivity contribution < 1.29 is 9.53 Å². The molecule has 1 aliphatic heterocycles. The highest BCUT2D eigenvalue weighted by molar-refractivity contribution is 5.91. The number of nitrogens with zero attached hydrogens (tertiary/aromatic N) is 1. The fraction of sp³-hybridized carbons (Fsp3) is 0.429. The number of rotatable bonds is 6. The molecule has 0 bridgehead atoms. The second kappa shape index (κ2) is 8.81. The first-order chi connectivity index (χ1) is 12.6. The lowest BCUT2D eigenvalue weighted by Gasteiger charge is -2.28. The minimum absolute atomic E-state index is 0.0726. The van der Waals surface area contributed by atoms with Crippen LogP contribution in [-0.2, 0) is 4.79 Å². The molecule has 0 aliphatic carbocycles. The van der Waals surface area contributed by atoms with E-state index in [4.69, 9.17) is 4.74 Å². The van der Waals surface area contributed by atoms with Crippen molar-refractivity contribution in [2.24, 2.45) is 11.8 Å². The maximum atomic E-state index is 12.4. The van der Waals surface area contributed by atoms with Gasteiger partial charge in [0.25, 0.3) is 0 Å². The van der Waals surface area contributed by atoms with Gasteiger partial charge >= 0.3 is 0 Å². The second-order valence-electron chi connectivity index (χ2n) is 7.11. The summed E-state index contributed by atoms with van der Waals surface area (Å²) in [5.74, 6) is 2.51. The third-order valence-corrected chi connectivity index (χ3v) is 4.97. The molecule has 0 radical (unpaired) electrons. The summed E-state index contributed by atoms with van der Waals surface area (Å²) in [6.07, 6.45) is 6.36.